The van der Waals surface area contributed by atoms with Gasteiger partial charge in [-0.3, -0.25) is 9.10 Å². The third kappa shape index (κ3) is 5.07. The van der Waals surface area contributed by atoms with Gasteiger partial charge in [0, 0.05) is 0 Å². The Morgan fingerprint density at radius 1 is 1.11 bits per heavy atom. The van der Waals surface area contributed by atoms with Crippen LogP contribution in [-0.2, 0) is 14.8 Å². The normalized spacial score (nSPS) is 13.7. The summed E-state index contributed by atoms with van der Waals surface area (Å²) in [6.07, 6.45) is 0.996. The van der Waals surface area contributed by atoms with Gasteiger partial charge in [0.05, 0.1) is 18.0 Å². The second-order valence-electron chi connectivity index (χ2n) is 6.80. The number of halogens is 1. The number of sulfonamides is 1. The van der Waals surface area contributed by atoms with E-state index in [4.69, 9.17) is 0 Å². The van der Waals surface area contributed by atoms with Crippen molar-refractivity contribution in [3.63, 3.8) is 0 Å². The van der Waals surface area contributed by atoms with E-state index in [-0.39, 0.29) is 11.7 Å². The molecule has 0 bridgehead atoms. The molecule has 0 aliphatic carbocycles. The number of hydrogen-bond donors (Lipinski definition) is 1. The maximum absolute atomic E-state index is 13.6. The van der Waals surface area contributed by atoms with Gasteiger partial charge < -0.3 is 5.32 Å². The molecule has 0 saturated carbocycles. The van der Waals surface area contributed by atoms with Crippen molar-refractivity contribution >= 4 is 21.6 Å². The van der Waals surface area contributed by atoms with Gasteiger partial charge in [0.15, 0.2) is 0 Å². The summed E-state index contributed by atoms with van der Waals surface area (Å²) in [5.74, 6) is -1.03. The van der Waals surface area contributed by atoms with E-state index in [1.807, 2.05) is 39.0 Å². The molecule has 0 saturated heterocycles. The average molecular weight is 392 g/mol. The number of nitrogens with one attached hydrogen (secondary N) is 1. The lowest BCUT2D eigenvalue weighted by molar-refractivity contribution is -0.122. The summed E-state index contributed by atoms with van der Waals surface area (Å²) in [5.41, 5.74) is 3.18. The molecule has 0 aromatic heterocycles. The molecule has 2 rings (SSSR count). The van der Waals surface area contributed by atoms with Crippen molar-refractivity contribution in [1.29, 1.82) is 0 Å². The van der Waals surface area contributed by atoms with Gasteiger partial charge in [0.1, 0.15) is 11.9 Å². The van der Waals surface area contributed by atoms with Gasteiger partial charge in [-0.1, -0.05) is 29.8 Å². The maximum Gasteiger partial charge on any atom is 0.244 e. The molecule has 0 radical (unpaired) electrons. The molecule has 1 N–H and O–H groups in total. The number of rotatable bonds is 6. The second-order valence-corrected chi connectivity index (χ2v) is 8.66. The van der Waals surface area contributed by atoms with Gasteiger partial charge in [-0.15, -0.1) is 0 Å². The second kappa shape index (κ2) is 8.08. The van der Waals surface area contributed by atoms with E-state index >= 15 is 0 Å². The van der Waals surface area contributed by atoms with Crippen LogP contribution in [0.4, 0.5) is 10.1 Å². The number of carbonyl (C=O) groups is 1. The van der Waals surface area contributed by atoms with Crippen molar-refractivity contribution in [3.8, 4) is 0 Å². The number of hydrogen-bond acceptors (Lipinski definition) is 3. The monoisotopic (exact) mass is 392 g/mol. The lowest BCUT2D eigenvalue weighted by Gasteiger charge is -2.29. The van der Waals surface area contributed by atoms with Crippen molar-refractivity contribution in [2.45, 2.75) is 39.8 Å². The zero-order valence-electron chi connectivity index (χ0n) is 16.2. The molecule has 0 aliphatic heterocycles. The fourth-order valence-electron chi connectivity index (χ4n) is 3.06. The lowest BCUT2D eigenvalue weighted by atomic mass is 10.00. The van der Waals surface area contributed by atoms with Crippen LogP contribution in [0.1, 0.15) is 36.6 Å². The molecule has 27 heavy (non-hydrogen) atoms. The first-order chi connectivity index (χ1) is 12.5. The van der Waals surface area contributed by atoms with Crippen molar-refractivity contribution < 1.29 is 17.6 Å². The minimum absolute atomic E-state index is 0.111. The maximum atomic E-state index is 13.6. The minimum atomic E-state index is -3.79. The Morgan fingerprint density at radius 3 is 2.37 bits per heavy atom. The van der Waals surface area contributed by atoms with Crippen LogP contribution < -0.4 is 9.62 Å². The summed E-state index contributed by atoms with van der Waals surface area (Å²) in [5, 5.41) is 2.86. The number of nitrogens with zero attached hydrogens (tertiary/aromatic N) is 1. The zero-order valence-corrected chi connectivity index (χ0v) is 17.0. The highest BCUT2D eigenvalue weighted by molar-refractivity contribution is 7.92. The van der Waals surface area contributed by atoms with Gasteiger partial charge in [0.25, 0.3) is 0 Å². The fourth-order valence-corrected chi connectivity index (χ4v) is 4.23. The number of anilines is 1. The van der Waals surface area contributed by atoms with Crippen molar-refractivity contribution in [2.24, 2.45) is 0 Å². The molecule has 0 fully saturated rings. The average Bonchev–Trinajstić information content (AvgIpc) is 2.55. The summed E-state index contributed by atoms with van der Waals surface area (Å²) in [7, 11) is -3.79. The third-order valence-corrected chi connectivity index (χ3v) is 5.65. The summed E-state index contributed by atoms with van der Waals surface area (Å²) in [6, 6.07) is 9.82. The molecule has 0 unspecified atom stereocenters. The van der Waals surface area contributed by atoms with E-state index < -0.39 is 27.8 Å². The van der Waals surface area contributed by atoms with E-state index in [1.165, 1.54) is 25.1 Å². The predicted molar refractivity (Wildman–Crippen MR) is 106 cm³/mol. The molecule has 146 valence electrons. The molecule has 0 spiro atoms. The lowest BCUT2D eigenvalue weighted by Crippen LogP contribution is -2.48. The van der Waals surface area contributed by atoms with E-state index in [2.05, 4.69) is 5.32 Å². The molecule has 0 aliphatic rings. The summed E-state index contributed by atoms with van der Waals surface area (Å²) in [4.78, 5) is 12.8. The van der Waals surface area contributed by atoms with Gasteiger partial charge >= 0.3 is 0 Å². The van der Waals surface area contributed by atoms with E-state index in [1.54, 1.807) is 0 Å². The van der Waals surface area contributed by atoms with Gasteiger partial charge in [0.2, 0.25) is 15.9 Å². The van der Waals surface area contributed by atoms with Crippen LogP contribution >= 0.6 is 0 Å². The molecule has 7 heteroatoms. The highest BCUT2D eigenvalue weighted by Crippen LogP contribution is 2.23. The van der Waals surface area contributed by atoms with Crippen molar-refractivity contribution in [2.75, 3.05) is 10.6 Å². The van der Waals surface area contributed by atoms with E-state index in [0.717, 1.165) is 33.3 Å². The summed E-state index contributed by atoms with van der Waals surface area (Å²) < 4.78 is 39.0. The third-order valence-electron chi connectivity index (χ3n) is 4.41. The van der Waals surface area contributed by atoms with Gasteiger partial charge in [-0.05, 0) is 57.0 Å². The number of benzene rings is 2. The zero-order chi connectivity index (χ0) is 20.4. The van der Waals surface area contributed by atoms with Crippen LogP contribution in [0, 0.1) is 19.7 Å². The molecular formula is C20H25FN2O3S. The first-order valence-corrected chi connectivity index (χ1v) is 10.5. The first kappa shape index (κ1) is 20.9. The molecular weight excluding hydrogens is 367 g/mol. The van der Waals surface area contributed by atoms with Gasteiger partial charge in [-0.2, -0.15) is 0 Å². The standard InChI is InChI=1S/C20H25FN2O3S/c1-13-9-10-14(2)19(11-13)15(3)22-20(24)16(4)23(27(5,25)26)18-8-6-7-17(21)12-18/h6-12,15-16H,1-5H3,(H,22,24)/t15-,16-/m1/s1. The smallest absolute Gasteiger partial charge is 0.244 e. The van der Waals surface area contributed by atoms with Crippen LogP contribution in [0.15, 0.2) is 42.5 Å². The number of carbonyl (C=O) groups excluding carboxylic acids is 1. The van der Waals surface area contributed by atoms with Crippen LogP contribution in [0.25, 0.3) is 0 Å². The van der Waals surface area contributed by atoms with E-state index in [0.29, 0.717) is 0 Å². The Hall–Kier alpha value is -2.41. The van der Waals surface area contributed by atoms with Crippen LogP contribution in [-0.4, -0.2) is 26.6 Å². The quantitative estimate of drug-likeness (QED) is 0.819. The predicted octanol–water partition coefficient (Wildman–Crippen LogP) is 3.47. The first-order valence-electron chi connectivity index (χ1n) is 8.63. The Morgan fingerprint density at radius 2 is 1.78 bits per heavy atom. The molecule has 2 aromatic rings. The summed E-state index contributed by atoms with van der Waals surface area (Å²) in [6.45, 7) is 7.25. The number of amides is 1. The Kier molecular flexibility index (Phi) is 6.26. The minimum Gasteiger partial charge on any atom is -0.348 e. The Balaban J connectivity index is 2.28. The Labute approximate surface area is 160 Å². The highest BCUT2D eigenvalue weighted by Gasteiger charge is 2.30. The van der Waals surface area contributed by atoms with Gasteiger partial charge in [-0.25, -0.2) is 12.8 Å². The summed E-state index contributed by atoms with van der Waals surface area (Å²) >= 11 is 0. The SMILES string of the molecule is Cc1ccc(C)c([C@@H](C)NC(=O)[C@@H](C)N(c2cccc(F)c2)S(C)(=O)=O)c1. The molecule has 0 heterocycles. The van der Waals surface area contributed by atoms with Crippen molar-refractivity contribution in [1.82, 2.24) is 5.32 Å². The van der Waals surface area contributed by atoms with Crippen molar-refractivity contribution in [3.05, 3.63) is 65.0 Å². The van der Waals surface area contributed by atoms with Crippen LogP contribution in [0.2, 0.25) is 0 Å². The highest BCUT2D eigenvalue weighted by atomic mass is 32.2. The fraction of sp³-hybridized carbons (Fsp3) is 0.350. The molecule has 2 atom stereocenters. The molecule has 1 amide bonds. The van der Waals surface area contributed by atoms with E-state index in [9.17, 15) is 17.6 Å². The molecule has 2 aromatic carbocycles. The van der Waals surface area contributed by atoms with Crippen LogP contribution in [0.3, 0.4) is 0 Å². The Bertz CT molecular complexity index is 944. The number of aryl methyl sites for hydroxylation is 2. The van der Waals surface area contributed by atoms with Crippen LogP contribution in [0.5, 0.6) is 0 Å². The largest absolute Gasteiger partial charge is 0.348 e. The molecule has 5 nitrogen and oxygen atoms in total. The topological polar surface area (TPSA) is 66.5 Å².